The van der Waals surface area contributed by atoms with Crippen molar-refractivity contribution in [2.75, 3.05) is 5.32 Å². The first kappa shape index (κ1) is 12.7. The van der Waals surface area contributed by atoms with Crippen LogP contribution in [0.1, 0.15) is 39.0 Å². The molecule has 1 fully saturated rings. The highest BCUT2D eigenvalue weighted by atomic mass is 35.5. The topological polar surface area (TPSA) is 12.0 Å². The molecule has 0 heterocycles. The monoisotopic (exact) mass is 255 g/mol. The minimum absolute atomic E-state index is 0.237. The lowest BCUT2D eigenvalue weighted by Gasteiger charge is -2.18. The van der Waals surface area contributed by atoms with Crippen LogP contribution in [0.2, 0.25) is 5.02 Å². The minimum Gasteiger partial charge on any atom is -0.381 e. The van der Waals surface area contributed by atoms with Crippen molar-refractivity contribution in [2.45, 2.75) is 45.1 Å². The fourth-order valence-electron chi connectivity index (χ4n) is 2.46. The summed E-state index contributed by atoms with van der Waals surface area (Å²) in [5.41, 5.74) is 0.728. The molecule has 1 N–H and O–H groups in total. The van der Waals surface area contributed by atoms with Crippen LogP contribution in [0.3, 0.4) is 0 Å². The Hall–Kier alpha value is -0.760. The fourth-order valence-corrected chi connectivity index (χ4v) is 2.63. The standard InChI is InChI=1S/C14H19ClFN/c1-10-3-2-4-12(7-5-10)17-14-9-11(16)6-8-13(14)15/h6,8-10,12,17H,2-5,7H2,1H3. The summed E-state index contributed by atoms with van der Waals surface area (Å²) in [4.78, 5) is 0. The van der Waals surface area contributed by atoms with Gasteiger partial charge < -0.3 is 5.32 Å². The highest BCUT2D eigenvalue weighted by Gasteiger charge is 2.16. The van der Waals surface area contributed by atoms with Crippen molar-refractivity contribution in [1.82, 2.24) is 0 Å². The zero-order chi connectivity index (χ0) is 12.3. The molecule has 2 unspecified atom stereocenters. The molecule has 2 atom stereocenters. The van der Waals surface area contributed by atoms with Crippen LogP contribution < -0.4 is 5.32 Å². The van der Waals surface area contributed by atoms with Gasteiger partial charge in [0.1, 0.15) is 5.82 Å². The smallest absolute Gasteiger partial charge is 0.125 e. The van der Waals surface area contributed by atoms with E-state index in [-0.39, 0.29) is 5.82 Å². The van der Waals surface area contributed by atoms with E-state index in [4.69, 9.17) is 11.6 Å². The normalized spacial score (nSPS) is 25.4. The predicted molar refractivity (Wildman–Crippen MR) is 71.1 cm³/mol. The molecule has 0 aliphatic heterocycles. The molecule has 1 aromatic rings. The molecule has 1 saturated carbocycles. The highest BCUT2D eigenvalue weighted by Crippen LogP contribution is 2.28. The maximum absolute atomic E-state index is 13.1. The summed E-state index contributed by atoms with van der Waals surface area (Å²) < 4.78 is 13.1. The number of rotatable bonds is 2. The minimum atomic E-state index is -0.237. The zero-order valence-electron chi connectivity index (χ0n) is 10.2. The van der Waals surface area contributed by atoms with E-state index < -0.39 is 0 Å². The third-order valence-corrected chi connectivity index (χ3v) is 3.88. The molecule has 0 amide bonds. The van der Waals surface area contributed by atoms with Crippen molar-refractivity contribution >= 4 is 17.3 Å². The maximum atomic E-state index is 13.1. The Morgan fingerprint density at radius 3 is 2.88 bits per heavy atom. The van der Waals surface area contributed by atoms with E-state index >= 15 is 0 Å². The summed E-state index contributed by atoms with van der Waals surface area (Å²) in [6.07, 6.45) is 6.08. The Morgan fingerprint density at radius 2 is 2.06 bits per heavy atom. The summed E-state index contributed by atoms with van der Waals surface area (Å²) in [5.74, 6) is 0.573. The highest BCUT2D eigenvalue weighted by molar-refractivity contribution is 6.33. The average molecular weight is 256 g/mol. The third kappa shape index (κ3) is 3.60. The van der Waals surface area contributed by atoms with Gasteiger partial charge in [0.15, 0.2) is 0 Å². The van der Waals surface area contributed by atoms with E-state index in [0.29, 0.717) is 11.1 Å². The van der Waals surface area contributed by atoms with Gasteiger partial charge in [0.2, 0.25) is 0 Å². The van der Waals surface area contributed by atoms with E-state index in [1.807, 2.05) is 0 Å². The lowest BCUT2D eigenvalue weighted by atomic mass is 10.0. The van der Waals surface area contributed by atoms with Crippen LogP contribution in [0.15, 0.2) is 18.2 Å². The molecule has 1 aliphatic rings. The van der Waals surface area contributed by atoms with Crippen LogP contribution in [0.4, 0.5) is 10.1 Å². The van der Waals surface area contributed by atoms with Gasteiger partial charge in [-0.1, -0.05) is 31.4 Å². The number of anilines is 1. The zero-order valence-corrected chi connectivity index (χ0v) is 10.9. The van der Waals surface area contributed by atoms with E-state index in [9.17, 15) is 4.39 Å². The van der Waals surface area contributed by atoms with Gasteiger partial charge in [-0.15, -0.1) is 0 Å². The van der Waals surface area contributed by atoms with Crippen molar-refractivity contribution in [1.29, 1.82) is 0 Å². The largest absolute Gasteiger partial charge is 0.381 e. The van der Waals surface area contributed by atoms with Crippen LogP contribution in [-0.2, 0) is 0 Å². The Balaban J connectivity index is 2.02. The van der Waals surface area contributed by atoms with E-state index in [1.54, 1.807) is 6.07 Å². The molecular formula is C14H19ClFN. The molecule has 0 saturated heterocycles. The molecule has 2 rings (SSSR count). The molecule has 1 aliphatic carbocycles. The van der Waals surface area contributed by atoms with Crippen molar-refractivity contribution in [3.8, 4) is 0 Å². The number of halogens is 2. The molecule has 0 spiro atoms. The molecule has 94 valence electrons. The number of benzene rings is 1. The van der Waals surface area contributed by atoms with Crippen molar-refractivity contribution in [3.63, 3.8) is 0 Å². The van der Waals surface area contributed by atoms with Crippen LogP contribution in [-0.4, -0.2) is 6.04 Å². The van der Waals surface area contributed by atoms with Crippen molar-refractivity contribution < 1.29 is 4.39 Å². The molecule has 0 aromatic heterocycles. The van der Waals surface area contributed by atoms with Crippen LogP contribution in [0, 0.1) is 11.7 Å². The van der Waals surface area contributed by atoms with Gasteiger partial charge in [-0.25, -0.2) is 4.39 Å². The van der Waals surface area contributed by atoms with Gasteiger partial charge in [-0.2, -0.15) is 0 Å². The van der Waals surface area contributed by atoms with Crippen molar-refractivity contribution in [2.24, 2.45) is 5.92 Å². The van der Waals surface area contributed by atoms with Crippen LogP contribution >= 0.6 is 11.6 Å². The molecule has 1 aromatic carbocycles. The van der Waals surface area contributed by atoms with Crippen molar-refractivity contribution in [3.05, 3.63) is 29.0 Å². The quantitative estimate of drug-likeness (QED) is 0.744. The summed E-state index contributed by atoms with van der Waals surface area (Å²) in [5, 5.41) is 3.98. The average Bonchev–Trinajstić information content (AvgIpc) is 2.49. The second-order valence-electron chi connectivity index (χ2n) is 5.08. The maximum Gasteiger partial charge on any atom is 0.125 e. The van der Waals surface area contributed by atoms with E-state index in [2.05, 4.69) is 12.2 Å². The van der Waals surface area contributed by atoms with Gasteiger partial charge in [-0.3, -0.25) is 0 Å². The summed E-state index contributed by atoms with van der Waals surface area (Å²) in [6.45, 7) is 2.30. The first-order chi connectivity index (χ1) is 8.15. The Labute approximate surface area is 107 Å². The number of hydrogen-bond acceptors (Lipinski definition) is 1. The summed E-state index contributed by atoms with van der Waals surface area (Å²) in [6, 6.07) is 4.91. The van der Waals surface area contributed by atoms with E-state index in [1.165, 1.54) is 31.4 Å². The van der Waals surface area contributed by atoms with E-state index in [0.717, 1.165) is 24.4 Å². The van der Waals surface area contributed by atoms with Gasteiger partial charge in [0, 0.05) is 6.04 Å². The predicted octanol–water partition coefficient (Wildman–Crippen LogP) is 4.86. The number of hydrogen-bond donors (Lipinski definition) is 1. The molecule has 3 heteroatoms. The molecule has 0 radical (unpaired) electrons. The Kier molecular flexibility index (Phi) is 4.27. The molecular weight excluding hydrogens is 237 g/mol. The Bertz CT molecular complexity index is 380. The second kappa shape index (κ2) is 5.72. The Morgan fingerprint density at radius 1 is 1.24 bits per heavy atom. The lowest BCUT2D eigenvalue weighted by Crippen LogP contribution is -2.18. The van der Waals surface area contributed by atoms with Crippen LogP contribution in [0.25, 0.3) is 0 Å². The first-order valence-corrected chi connectivity index (χ1v) is 6.74. The van der Waals surface area contributed by atoms with Gasteiger partial charge in [0.05, 0.1) is 10.7 Å². The molecule has 17 heavy (non-hydrogen) atoms. The van der Waals surface area contributed by atoms with Gasteiger partial charge in [0.25, 0.3) is 0 Å². The van der Waals surface area contributed by atoms with Crippen LogP contribution in [0.5, 0.6) is 0 Å². The van der Waals surface area contributed by atoms with Gasteiger partial charge in [-0.05, 0) is 43.4 Å². The second-order valence-corrected chi connectivity index (χ2v) is 5.49. The molecule has 0 bridgehead atoms. The molecule has 1 nitrogen and oxygen atoms in total. The SMILES string of the molecule is CC1CCCC(Nc2cc(F)ccc2Cl)CC1. The first-order valence-electron chi connectivity index (χ1n) is 6.37. The summed E-state index contributed by atoms with van der Waals surface area (Å²) >= 11 is 6.06. The lowest BCUT2D eigenvalue weighted by molar-refractivity contribution is 0.502. The summed E-state index contributed by atoms with van der Waals surface area (Å²) in [7, 11) is 0. The number of nitrogens with one attached hydrogen (secondary N) is 1. The fraction of sp³-hybridized carbons (Fsp3) is 0.571. The van der Waals surface area contributed by atoms with Gasteiger partial charge >= 0.3 is 0 Å². The third-order valence-electron chi connectivity index (χ3n) is 3.55.